The van der Waals surface area contributed by atoms with Crippen LogP contribution in [-0.2, 0) is 52.3 Å². The summed E-state index contributed by atoms with van der Waals surface area (Å²) in [6, 6.07) is 0. The maximum absolute atomic E-state index is 12.8. The van der Waals surface area contributed by atoms with Crippen molar-refractivity contribution in [3.63, 3.8) is 0 Å². The molecule has 0 aromatic carbocycles. The Bertz CT molecular complexity index is 952. The van der Waals surface area contributed by atoms with Gasteiger partial charge in [-0.25, -0.2) is 0 Å². The highest BCUT2D eigenvalue weighted by Gasteiger charge is 2.26. The van der Waals surface area contributed by atoms with Gasteiger partial charge in [0.1, 0.15) is 29.0 Å². The third-order valence-electron chi connectivity index (χ3n) is 6.04. The molecule has 0 saturated heterocycles. The fraction of sp³-hybridized carbons (Fsp3) is 0.838. The standard InChI is InChI=1S/C37H67N3O11/c1-14-20-45-22-24-47-25-23-46-21-19-38(15-17-39(26-30(41)48-34(2,3)4)27-31(42)49-35(5,6)7)16-18-40(28-32(43)50-36(8,9)10)29-33(44)51-37(11,12)13/h1H,15-29H2,2-13H3. The summed E-state index contributed by atoms with van der Waals surface area (Å²) in [7, 11) is 0. The lowest BCUT2D eigenvalue weighted by Gasteiger charge is -2.31. The monoisotopic (exact) mass is 729 g/mol. The van der Waals surface area contributed by atoms with Crippen molar-refractivity contribution in [2.45, 2.75) is 105 Å². The molecule has 0 aromatic heterocycles. The molecule has 0 heterocycles. The van der Waals surface area contributed by atoms with Crippen LogP contribution in [0.3, 0.4) is 0 Å². The first kappa shape index (κ1) is 48.2. The number of hydrogen-bond acceptors (Lipinski definition) is 14. The number of nitrogens with zero attached hydrogens (tertiary/aromatic N) is 3. The highest BCUT2D eigenvalue weighted by atomic mass is 16.6. The van der Waals surface area contributed by atoms with E-state index in [0.29, 0.717) is 65.8 Å². The summed E-state index contributed by atoms with van der Waals surface area (Å²) >= 11 is 0. The normalized spacial score (nSPS) is 12.6. The third-order valence-corrected chi connectivity index (χ3v) is 6.04. The highest BCUT2D eigenvalue weighted by molar-refractivity contribution is 5.76. The van der Waals surface area contributed by atoms with Crippen molar-refractivity contribution in [3.05, 3.63) is 0 Å². The van der Waals surface area contributed by atoms with Crippen LogP contribution in [0.25, 0.3) is 0 Å². The van der Waals surface area contributed by atoms with E-state index in [0.717, 1.165) is 0 Å². The molecule has 14 nitrogen and oxygen atoms in total. The van der Waals surface area contributed by atoms with Gasteiger partial charge in [0.2, 0.25) is 0 Å². The minimum absolute atomic E-state index is 0.118. The summed E-state index contributed by atoms with van der Waals surface area (Å²) < 4.78 is 38.6. The van der Waals surface area contributed by atoms with Gasteiger partial charge in [-0.2, -0.15) is 0 Å². The summed E-state index contributed by atoms with van der Waals surface area (Å²) in [6.07, 6.45) is 5.17. The van der Waals surface area contributed by atoms with E-state index in [1.807, 2.05) is 0 Å². The first-order valence-corrected chi connectivity index (χ1v) is 17.6. The lowest BCUT2D eigenvalue weighted by atomic mass is 10.2. The number of rotatable bonds is 24. The molecule has 0 N–H and O–H groups in total. The van der Waals surface area contributed by atoms with Gasteiger partial charge in [0, 0.05) is 32.7 Å². The van der Waals surface area contributed by atoms with E-state index in [1.165, 1.54) is 0 Å². The fourth-order valence-electron chi connectivity index (χ4n) is 4.32. The number of hydrogen-bond donors (Lipinski definition) is 0. The molecule has 0 unspecified atom stereocenters. The van der Waals surface area contributed by atoms with Crippen LogP contribution in [0.4, 0.5) is 0 Å². The molecular formula is C37H67N3O11. The fourth-order valence-corrected chi connectivity index (χ4v) is 4.32. The van der Waals surface area contributed by atoms with Gasteiger partial charge in [0.15, 0.2) is 0 Å². The summed E-state index contributed by atoms with van der Waals surface area (Å²) in [5.74, 6) is 0.534. The lowest BCUT2D eigenvalue weighted by Crippen LogP contribution is -2.46. The van der Waals surface area contributed by atoms with Crippen molar-refractivity contribution in [1.29, 1.82) is 0 Å². The van der Waals surface area contributed by atoms with Gasteiger partial charge in [-0.3, -0.25) is 33.9 Å². The Morgan fingerprint density at radius 2 is 0.706 bits per heavy atom. The molecule has 0 amide bonds. The number of carbonyl (C=O) groups excluding carboxylic acids is 4. The Labute approximate surface area is 307 Å². The summed E-state index contributed by atoms with van der Waals surface area (Å²) in [6.45, 7) is 25.0. The van der Waals surface area contributed by atoms with E-state index in [9.17, 15) is 19.2 Å². The third kappa shape index (κ3) is 31.6. The molecule has 0 fully saturated rings. The molecule has 0 rings (SSSR count). The molecule has 0 bridgehead atoms. The summed E-state index contributed by atoms with van der Waals surface area (Å²) in [4.78, 5) is 56.6. The summed E-state index contributed by atoms with van der Waals surface area (Å²) in [5.41, 5.74) is -2.77. The first-order chi connectivity index (χ1) is 23.4. The van der Waals surface area contributed by atoms with Gasteiger partial charge in [-0.1, -0.05) is 5.92 Å². The lowest BCUT2D eigenvalue weighted by molar-refractivity contribution is -0.162. The van der Waals surface area contributed by atoms with Crippen molar-refractivity contribution in [1.82, 2.24) is 14.7 Å². The Morgan fingerprint density at radius 1 is 0.431 bits per heavy atom. The topological polar surface area (TPSA) is 143 Å². The molecule has 0 aliphatic rings. The van der Waals surface area contributed by atoms with Gasteiger partial charge >= 0.3 is 23.9 Å². The van der Waals surface area contributed by atoms with Crippen molar-refractivity contribution in [3.8, 4) is 12.3 Å². The van der Waals surface area contributed by atoms with Crippen LogP contribution < -0.4 is 0 Å². The van der Waals surface area contributed by atoms with Crippen molar-refractivity contribution in [2.24, 2.45) is 0 Å². The maximum Gasteiger partial charge on any atom is 0.320 e. The van der Waals surface area contributed by atoms with E-state index in [1.54, 1.807) is 92.9 Å². The van der Waals surface area contributed by atoms with Crippen LogP contribution in [0.15, 0.2) is 0 Å². The molecule has 0 aromatic rings. The van der Waals surface area contributed by atoms with Crippen molar-refractivity contribution < 1.29 is 52.3 Å². The van der Waals surface area contributed by atoms with Crippen molar-refractivity contribution >= 4 is 23.9 Å². The molecular weight excluding hydrogens is 662 g/mol. The number of carbonyl (C=O) groups is 4. The van der Waals surface area contributed by atoms with Crippen LogP contribution >= 0.6 is 0 Å². The van der Waals surface area contributed by atoms with Gasteiger partial charge in [0.05, 0.1) is 59.2 Å². The highest BCUT2D eigenvalue weighted by Crippen LogP contribution is 2.12. The van der Waals surface area contributed by atoms with Gasteiger partial charge in [0.25, 0.3) is 0 Å². The molecule has 14 heteroatoms. The predicted octanol–water partition coefficient (Wildman–Crippen LogP) is 2.94. The molecule has 296 valence electrons. The van der Waals surface area contributed by atoms with E-state index < -0.39 is 46.3 Å². The zero-order valence-corrected chi connectivity index (χ0v) is 33.5. The van der Waals surface area contributed by atoms with Gasteiger partial charge in [-0.05, 0) is 83.1 Å². The Balaban J connectivity index is 5.82. The van der Waals surface area contributed by atoms with E-state index >= 15 is 0 Å². The number of terminal acetylenes is 1. The van der Waals surface area contributed by atoms with Gasteiger partial charge < -0.3 is 33.2 Å². The number of ether oxygens (including phenoxy) is 7. The van der Waals surface area contributed by atoms with Crippen LogP contribution in [0, 0.1) is 12.3 Å². The quantitative estimate of drug-likeness (QED) is 0.0622. The Hall–Kier alpha value is -2.80. The smallest absolute Gasteiger partial charge is 0.320 e. The van der Waals surface area contributed by atoms with Crippen LogP contribution in [-0.4, -0.2) is 160 Å². The Kier molecular flexibility index (Phi) is 22.4. The zero-order valence-electron chi connectivity index (χ0n) is 33.5. The average Bonchev–Trinajstić information content (AvgIpc) is 2.90. The van der Waals surface area contributed by atoms with Crippen molar-refractivity contribution in [2.75, 3.05) is 98.5 Å². The zero-order chi connectivity index (χ0) is 39.3. The van der Waals surface area contributed by atoms with E-state index in [4.69, 9.17) is 39.6 Å². The van der Waals surface area contributed by atoms with Crippen LogP contribution in [0.1, 0.15) is 83.1 Å². The second-order valence-corrected chi connectivity index (χ2v) is 16.1. The number of esters is 4. The second-order valence-electron chi connectivity index (χ2n) is 16.1. The molecule has 0 aliphatic heterocycles. The first-order valence-electron chi connectivity index (χ1n) is 17.6. The second kappa shape index (κ2) is 23.7. The molecule has 0 spiro atoms. The van der Waals surface area contributed by atoms with Crippen LogP contribution in [0.5, 0.6) is 0 Å². The largest absolute Gasteiger partial charge is 0.459 e. The Morgan fingerprint density at radius 3 is 1.00 bits per heavy atom. The maximum atomic E-state index is 12.8. The van der Waals surface area contributed by atoms with Crippen LogP contribution in [0.2, 0.25) is 0 Å². The molecule has 0 atom stereocenters. The molecule has 0 saturated carbocycles. The molecule has 0 radical (unpaired) electrons. The van der Waals surface area contributed by atoms with E-state index in [2.05, 4.69) is 10.8 Å². The SMILES string of the molecule is C#CCOCCOCCOCCN(CCN(CC(=O)OC(C)(C)C)CC(=O)OC(C)(C)C)CCN(CC(=O)OC(C)(C)C)CC(=O)OC(C)(C)C. The minimum atomic E-state index is -0.692. The minimum Gasteiger partial charge on any atom is -0.459 e. The van der Waals surface area contributed by atoms with E-state index in [-0.39, 0.29) is 32.8 Å². The summed E-state index contributed by atoms with van der Waals surface area (Å²) in [5, 5.41) is 0. The van der Waals surface area contributed by atoms with Gasteiger partial charge in [-0.15, -0.1) is 6.42 Å². The molecule has 0 aliphatic carbocycles. The predicted molar refractivity (Wildman–Crippen MR) is 194 cm³/mol. The molecule has 51 heavy (non-hydrogen) atoms. The average molecular weight is 730 g/mol.